The molecule has 0 radical (unpaired) electrons. The molecule has 1 aromatic carbocycles. The molecule has 0 bridgehead atoms. The number of aromatic nitrogens is 2. The second-order valence-electron chi connectivity index (χ2n) is 9.01. The van der Waals surface area contributed by atoms with Crippen LogP contribution in [0.2, 0.25) is 0 Å². The minimum Gasteiger partial charge on any atom is -0.497 e. The molecule has 2 unspecified atom stereocenters. The number of nitrogens with one attached hydrogen (secondary N) is 2. The highest BCUT2D eigenvalue weighted by Crippen LogP contribution is 2.28. The van der Waals surface area contributed by atoms with Crippen molar-refractivity contribution in [3.05, 3.63) is 35.9 Å². The average Bonchev–Trinajstić information content (AvgIpc) is 2.83. The van der Waals surface area contributed by atoms with Gasteiger partial charge in [-0.2, -0.15) is 9.97 Å². The van der Waals surface area contributed by atoms with Crippen LogP contribution in [0, 0.1) is 11.8 Å². The number of thiocarbonyl (C=S) groups is 1. The van der Waals surface area contributed by atoms with Crippen molar-refractivity contribution in [2.24, 2.45) is 11.8 Å². The molecule has 0 spiro atoms. The minimum absolute atomic E-state index is 0.497. The summed E-state index contributed by atoms with van der Waals surface area (Å²) in [5, 5.41) is 6.95. The molecule has 0 aliphatic carbocycles. The van der Waals surface area contributed by atoms with Crippen LogP contribution in [0.1, 0.15) is 25.8 Å². The predicted octanol–water partition coefficient (Wildman–Crippen LogP) is 3.29. The van der Waals surface area contributed by atoms with Gasteiger partial charge in [-0.15, -0.1) is 0 Å². The van der Waals surface area contributed by atoms with Crippen molar-refractivity contribution >= 4 is 34.9 Å². The van der Waals surface area contributed by atoms with Crippen LogP contribution in [0.3, 0.4) is 0 Å². The Kier molecular flexibility index (Phi) is 7.82. The van der Waals surface area contributed by atoms with E-state index in [2.05, 4.69) is 40.3 Å². The fourth-order valence-electron chi connectivity index (χ4n) is 4.52. The van der Waals surface area contributed by atoms with Crippen LogP contribution in [0.5, 0.6) is 5.75 Å². The van der Waals surface area contributed by atoms with Crippen molar-refractivity contribution in [1.82, 2.24) is 15.3 Å². The van der Waals surface area contributed by atoms with Gasteiger partial charge in [0.1, 0.15) is 17.4 Å². The first-order chi connectivity index (χ1) is 16.0. The second kappa shape index (κ2) is 11.0. The molecule has 1 aromatic heterocycles. The first kappa shape index (κ1) is 23.5. The molecular formula is C24H34N6O2S. The quantitative estimate of drug-likeness (QED) is 0.619. The number of rotatable bonds is 6. The van der Waals surface area contributed by atoms with E-state index in [0.717, 1.165) is 49.1 Å². The zero-order valence-corrected chi connectivity index (χ0v) is 20.5. The van der Waals surface area contributed by atoms with E-state index in [1.54, 1.807) is 7.11 Å². The van der Waals surface area contributed by atoms with Crippen LogP contribution in [0.15, 0.2) is 30.3 Å². The van der Waals surface area contributed by atoms with Crippen molar-refractivity contribution in [2.45, 2.75) is 26.8 Å². The third-order valence-corrected chi connectivity index (χ3v) is 6.31. The molecule has 2 aromatic rings. The summed E-state index contributed by atoms with van der Waals surface area (Å²) in [5.41, 5.74) is 1.11. The molecule has 2 saturated heterocycles. The van der Waals surface area contributed by atoms with E-state index in [1.807, 2.05) is 24.3 Å². The molecular weight excluding hydrogens is 436 g/mol. The molecule has 4 rings (SSSR count). The van der Waals surface area contributed by atoms with Crippen LogP contribution in [-0.4, -0.2) is 61.6 Å². The predicted molar refractivity (Wildman–Crippen MR) is 136 cm³/mol. The van der Waals surface area contributed by atoms with Gasteiger partial charge in [-0.25, -0.2) is 0 Å². The average molecular weight is 471 g/mol. The van der Waals surface area contributed by atoms with Crippen LogP contribution >= 0.6 is 12.2 Å². The smallest absolute Gasteiger partial charge is 0.232 e. The summed E-state index contributed by atoms with van der Waals surface area (Å²) in [7, 11) is 1.66. The van der Waals surface area contributed by atoms with E-state index in [-0.39, 0.29) is 0 Å². The summed E-state index contributed by atoms with van der Waals surface area (Å²) in [6.45, 7) is 10.3. The highest BCUT2D eigenvalue weighted by Gasteiger charge is 2.25. The molecule has 0 amide bonds. The van der Waals surface area contributed by atoms with Crippen molar-refractivity contribution in [3.63, 3.8) is 0 Å². The molecule has 2 aliphatic heterocycles. The Bertz CT molecular complexity index is 925. The lowest BCUT2D eigenvalue weighted by Crippen LogP contribution is -2.40. The van der Waals surface area contributed by atoms with Gasteiger partial charge < -0.3 is 29.9 Å². The van der Waals surface area contributed by atoms with Crippen LogP contribution < -0.4 is 25.2 Å². The van der Waals surface area contributed by atoms with Gasteiger partial charge in [-0.3, -0.25) is 0 Å². The van der Waals surface area contributed by atoms with E-state index in [1.165, 1.54) is 6.42 Å². The Balaban J connectivity index is 1.48. The molecule has 9 heteroatoms. The van der Waals surface area contributed by atoms with E-state index in [4.69, 9.17) is 31.7 Å². The number of anilines is 3. The lowest BCUT2D eigenvalue weighted by molar-refractivity contribution is 0.122. The molecule has 2 N–H and O–H groups in total. The zero-order chi connectivity index (χ0) is 23.2. The summed E-state index contributed by atoms with van der Waals surface area (Å²) < 4.78 is 10.7. The van der Waals surface area contributed by atoms with Gasteiger partial charge in [0.25, 0.3) is 0 Å². The standard InChI is InChI=1S/C24H34N6O2S/c1-17-12-18(2)16-30(15-17)22-13-21(29-8-10-32-11-9-29)26-23(27-22)28-24(33)25-14-19-4-6-20(31-3)7-5-19/h4-7,13,17-18H,8-12,14-16H2,1-3H3,(H2,25,26,27,28,33). The van der Waals surface area contributed by atoms with Gasteiger partial charge >= 0.3 is 0 Å². The van der Waals surface area contributed by atoms with Gasteiger partial charge in [0, 0.05) is 38.8 Å². The molecule has 178 valence electrons. The number of hydrogen-bond acceptors (Lipinski definition) is 7. The first-order valence-corrected chi connectivity index (χ1v) is 12.1. The summed E-state index contributed by atoms with van der Waals surface area (Å²) >= 11 is 5.55. The summed E-state index contributed by atoms with van der Waals surface area (Å²) in [6, 6.07) is 10.0. The van der Waals surface area contributed by atoms with Gasteiger partial charge in [-0.1, -0.05) is 26.0 Å². The highest BCUT2D eigenvalue weighted by molar-refractivity contribution is 7.80. The number of morpholine rings is 1. The Hall–Kier alpha value is -2.65. The lowest BCUT2D eigenvalue weighted by atomic mass is 9.92. The van der Waals surface area contributed by atoms with E-state index in [0.29, 0.717) is 42.7 Å². The Labute approximate surface area is 201 Å². The van der Waals surface area contributed by atoms with Crippen LogP contribution in [0.25, 0.3) is 0 Å². The number of benzene rings is 1. The van der Waals surface area contributed by atoms with E-state index >= 15 is 0 Å². The Morgan fingerprint density at radius 2 is 1.70 bits per heavy atom. The molecule has 3 heterocycles. The van der Waals surface area contributed by atoms with Crippen molar-refractivity contribution < 1.29 is 9.47 Å². The number of piperidine rings is 1. The largest absolute Gasteiger partial charge is 0.497 e. The molecule has 2 fully saturated rings. The molecule has 33 heavy (non-hydrogen) atoms. The monoisotopic (exact) mass is 470 g/mol. The van der Waals surface area contributed by atoms with Crippen molar-refractivity contribution in [2.75, 3.05) is 61.6 Å². The lowest BCUT2D eigenvalue weighted by Gasteiger charge is -2.36. The van der Waals surface area contributed by atoms with Crippen LogP contribution in [-0.2, 0) is 11.3 Å². The number of methoxy groups -OCH3 is 1. The maximum atomic E-state index is 5.55. The Morgan fingerprint density at radius 1 is 1.06 bits per heavy atom. The van der Waals surface area contributed by atoms with E-state index < -0.39 is 0 Å². The maximum absolute atomic E-state index is 5.55. The summed E-state index contributed by atoms with van der Waals surface area (Å²) in [5.74, 6) is 4.49. The van der Waals surface area contributed by atoms with Crippen molar-refractivity contribution in [3.8, 4) is 5.75 Å². The van der Waals surface area contributed by atoms with Gasteiger partial charge in [0.15, 0.2) is 5.11 Å². The van der Waals surface area contributed by atoms with Gasteiger partial charge in [0.2, 0.25) is 5.95 Å². The van der Waals surface area contributed by atoms with Crippen molar-refractivity contribution in [1.29, 1.82) is 0 Å². The Morgan fingerprint density at radius 3 is 2.33 bits per heavy atom. The molecule has 2 atom stereocenters. The highest BCUT2D eigenvalue weighted by atomic mass is 32.1. The fraction of sp³-hybridized carbons (Fsp3) is 0.542. The zero-order valence-electron chi connectivity index (χ0n) is 19.7. The topological polar surface area (TPSA) is 74.8 Å². The normalized spacial score (nSPS) is 20.9. The minimum atomic E-state index is 0.497. The second-order valence-corrected chi connectivity index (χ2v) is 9.42. The molecule has 8 nitrogen and oxygen atoms in total. The number of hydrogen-bond donors (Lipinski definition) is 2. The van der Waals surface area contributed by atoms with Gasteiger partial charge in [0.05, 0.1) is 20.3 Å². The SMILES string of the molecule is COc1ccc(CNC(=S)Nc2nc(N3CCOCC3)cc(N3CC(C)CC(C)C3)n2)cc1. The maximum Gasteiger partial charge on any atom is 0.232 e. The molecule has 2 aliphatic rings. The number of nitrogens with zero attached hydrogens (tertiary/aromatic N) is 4. The van der Waals surface area contributed by atoms with Gasteiger partial charge in [-0.05, 0) is 48.2 Å². The van der Waals surface area contributed by atoms with E-state index in [9.17, 15) is 0 Å². The third-order valence-electron chi connectivity index (χ3n) is 6.06. The number of ether oxygens (including phenoxy) is 2. The summed E-state index contributed by atoms with van der Waals surface area (Å²) in [6.07, 6.45) is 1.25. The first-order valence-electron chi connectivity index (χ1n) is 11.6. The third kappa shape index (κ3) is 6.45. The summed E-state index contributed by atoms with van der Waals surface area (Å²) in [4.78, 5) is 14.3. The van der Waals surface area contributed by atoms with Crippen LogP contribution in [0.4, 0.5) is 17.6 Å². The molecule has 0 saturated carbocycles. The fourth-order valence-corrected chi connectivity index (χ4v) is 4.68.